The Labute approximate surface area is 117 Å². The third-order valence-corrected chi connectivity index (χ3v) is 3.65. The summed E-state index contributed by atoms with van der Waals surface area (Å²) in [6, 6.07) is 6.78. The van der Waals surface area contributed by atoms with Gasteiger partial charge in [-0.3, -0.25) is 0 Å². The van der Waals surface area contributed by atoms with Crippen molar-refractivity contribution in [3.05, 3.63) is 34.4 Å². The van der Waals surface area contributed by atoms with Crippen LogP contribution in [0.15, 0.2) is 28.9 Å². The Morgan fingerprint density at radius 1 is 1.22 bits per heavy atom. The zero-order valence-corrected chi connectivity index (χ0v) is 13.0. The summed E-state index contributed by atoms with van der Waals surface area (Å²) in [5.41, 5.74) is 2.52. The molecule has 2 nitrogen and oxygen atoms in total. The number of hydrogen-bond donors (Lipinski definition) is 0. The summed E-state index contributed by atoms with van der Waals surface area (Å²) in [4.78, 5) is 0. The lowest BCUT2D eigenvalue weighted by atomic mass is 10.2. The van der Waals surface area contributed by atoms with Crippen LogP contribution in [0.2, 0.25) is 0 Å². The second-order valence-electron chi connectivity index (χ2n) is 5.15. The largest absolute Gasteiger partial charge is 0.374 e. The summed E-state index contributed by atoms with van der Waals surface area (Å²) in [6.45, 7) is 9.21. The summed E-state index contributed by atoms with van der Waals surface area (Å²) in [6.07, 6.45) is 2.47. The van der Waals surface area contributed by atoms with Crippen molar-refractivity contribution in [2.24, 2.45) is 0 Å². The van der Waals surface area contributed by atoms with Crippen LogP contribution in [-0.4, -0.2) is 10.7 Å². The molecule has 0 fully saturated rings. The number of aromatic nitrogens is 1. The number of benzene rings is 1. The second kappa shape index (κ2) is 5.45. The SMILES string of the molecule is CC(C)OCc1cn(C(C)C)c2c(Br)cccc12. The van der Waals surface area contributed by atoms with Crippen LogP contribution in [0.25, 0.3) is 10.9 Å². The number of nitrogens with zero attached hydrogens (tertiary/aromatic N) is 1. The first-order valence-corrected chi connectivity index (χ1v) is 7.19. The van der Waals surface area contributed by atoms with E-state index in [4.69, 9.17) is 4.74 Å². The van der Waals surface area contributed by atoms with Crippen LogP contribution < -0.4 is 0 Å². The van der Waals surface area contributed by atoms with Crippen molar-refractivity contribution < 1.29 is 4.74 Å². The van der Waals surface area contributed by atoms with Crippen LogP contribution in [0.1, 0.15) is 39.3 Å². The van der Waals surface area contributed by atoms with Crippen LogP contribution in [0.3, 0.4) is 0 Å². The van der Waals surface area contributed by atoms with Crippen LogP contribution >= 0.6 is 15.9 Å². The van der Waals surface area contributed by atoms with E-state index < -0.39 is 0 Å². The van der Waals surface area contributed by atoms with Crippen molar-refractivity contribution in [1.29, 1.82) is 0 Å². The quantitative estimate of drug-likeness (QED) is 0.782. The van der Waals surface area contributed by atoms with Crippen LogP contribution in [0.5, 0.6) is 0 Å². The van der Waals surface area contributed by atoms with Crippen molar-refractivity contribution in [1.82, 2.24) is 4.57 Å². The Hall–Kier alpha value is -0.800. The molecule has 0 saturated carbocycles. The highest BCUT2D eigenvalue weighted by Gasteiger charge is 2.13. The summed E-state index contributed by atoms with van der Waals surface area (Å²) >= 11 is 3.65. The molecule has 2 aromatic rings. The molecule has 1 heterocycles. The van der Waals surface area contributed by atoms with Gasteiger partial charge in [-0.2, -0.15) is 0 Å². The molecular formula is C15H20BrNO. The smallest absolute Gasteiger partial charge is 0.0741 e. The predicted octanol–water partition coefficient (Wildman–Crippen LogP) is 4.91. The van der Waals surface area contributed by atoms with Crippen molar-refractivity contribution >= 4 is 26.8 Å². The van der Waals surface area contributed by atoms with Gasteiger partial charge in [0.2, 0.25) is 0 Å². The molecular weight excluding hydrogens is 290 g/mol. The number of halogens is 1. The van der Waals surface area contributed by atoms with Gasteiger partial charge in [0.25, 0.3) is 0 Å². The average molecular weight is 310 g/mol. The molecule has 0 aliphatic rings. The molecule has 3 heteroatoms. The summed E-state index contributed by atoms with van der Waals surface area (Å²) in [5, 5.41) is 1.28. The Kier molecular flexibility index (Phi) is 4.13. The Morgan fingerprint density at radius 3 is 2.56 bits per heavy atom. The number of rotatable bonds is 4. The topological polar surface area (TPSA) is 14.2 Å². The third kappa shape index (κ3) is 2.62. The van der Waals surface area contributed by atoms with E-state index in [-0.39, 0.29) is 6.10 Å². The van der Waals surface area contributed by atoms with Crippen molar-refractivity contribution in [2.45, 2.75) is 46.4 Å². The number of fused-ring (bicyclic) bond motifs is 1. The fourth-order valence-corrected chi connectivity index (χ4v) is 2.69. The first kappa shape index (κ1) is 13.6. The maximum atomic E-state index is 5.74. The monoisotopic (exact) mass is 309 g/mol. The third-order valence-electron chi connectivity index (χ3n) is 3.01. The molecule has 98 valence electrons. The number of hydrogen-bond acceptors (Lipinski definition) is 1. The maximum Gasteiger partial charge on any atom is 0.0741 e. The minimum absolute atomic E-state index is 0.259. The standard InChI is InChI=1S/C15H20BrNO/c1-10(2)17-8-12(9-18-11(3)4)13-6-5-7-14(16)15(13)17/h5-8,10-11H,9H2,1-4H3. The molecule has 0 bridgehead atoms. The zero-order chi connectivity index (χ0) is 13.3. The molecule has 2 rings (SSSR count). The van der Waals surface area contributed by atoms with E-state index in [1.807, 2.05) is 0 Å². The predicted molar refractivity (Wildman–Crippen MR) is 79.9 cm³/mol. The van der Waals surface area contributed by atoms with E-state index in [9.17, 15) is 0 Å². The maximum absolute atomic E-state index is 5.74. The molecule has 0 aliphatic heterocycles. The average Bonchev–Trinajstić information content (AvgIpc) is 2.67. The van der Waals surface area contributed by atoms with Gasteiger partial charge in [-0.1, -0.05) is 12.1 Å². The highest BCUT2D eigenvalue weighted by molar-refractivity contribution is 9.10. The minimum Gasteiger partial charge on any atom is -0.374 e. The molecule has 0 atom stereocenters. The highest BCUT2D eigenvalue weighted by Crippen LogP contribution is 2.31. The van der Waals surface area contributed by atoms with Gasteiger partial charge in [0.15, 0.2) is 0 Å². The van der Waals surface area contributed by atoms with Crippen LogP contribution in [0, 0.1) is 0 Å². The summed E-state index contributed by atoms with van der Waals surface area (Å²) < 4.78 is 9.19. The molecule has 0 N–H and O–H groups in total. The van der Waals surface area contributed by atoms with E-state index in [0.29, 0.717) is 12.6 Å². The first-order valence-electron chi connectivity index (χ1n) is 6.40. The molecule has 0 spiro atoms. The number of para-hydroxylation sites is 1. The normalized spacial score (nSPS) is 11.9. The van der Waals surface area contributed by atoms with Gasteiger partial charge in [-0.25, -0.2) is 0 Å². The van der Waals surface area contributed by atoms with Crippen LogP contribution in [0.4, 0.5) is 0 Å². The lowest BCUT2D eigenvalue weighted by Crippen LogP contribution is -2.02. The van der Waals surface area contributed by atoms with E-state index in [1.54, 1.807) is 0 Å². The zero-order valence-electron chi connectivity index (χ0n) is 11.4. The fraction of sp³-hybridized carbons (Fsp3) is 0.467. The van der Waals surface area contributed by atoms with Gasteiger partial charge in [0, 0.05) is 27.7 Å². The Morgan fingerprint density at radius 2 is 1.94 bits per heavy atom. The van der Waals surface area contributed by atoms with E-state index >= 15 is 0 Å². The van der Waals surface area contributed by atoms with Gasteiger partial charge in [-0.05, 0) is 49.7 Å². The van der Waals surface area contributed by atoms with Gasteiger partial charge in [-0.15, -0.1) is 0 Å². The molecule has 0 amide bonds. The second-order valence-corrected chi connectivity index (χ2v) is 6.01. The van der Waals surface area contributed by atoms with E-state index in [0.717, 1.165) is 4.47 Å². The molecule has 0 aliphatic carbocycles. The van der Waals surface area contributed by atoms with Gasteiger partial charge < -0.3 is 9.30 Å². The van der Waals surface area contributed by atoms with Crippen molar-refractivity contribution in [3.63, 3.8) is 0 Å². The lowest BCUT2D eigenvalue weighted by Gasteiger charge is -2.10. The van der Waals surface area contributed by atoms with Crippen LogP contribution in [-0.2, 0) is 11.3 Å². The highest BCUT2D eigenvalue weighted by atomic mass is 79.9. The molecule has 0 radical (unpaired) electrons. The van der Waals surface area contributed by atoms with Crippen molar-refractivity contribution in [3.8, 4) is 0 Å². The summed E-state index contributed by atoms with van der Waals surface area (Å²) in [5.74, 6) is 0. The Bertz CT molecular complexity index is 543. The molecule has 18 heavy (non-hydrogen) atoms. The van der Waals surface area contributed by atoms with Gasteiger partial charge in [0.1, 0.15) is 0 Å². The minimum atomic E-state index is 0.259. The number of ether oxygens (including phenoxy) is 1. The first-order chi connectivity index (χ1) is 8.50. The summed E-state index contributed by atoms with van der Waals surface area (Å²) in [7, 11) is 0. The van der Waals surface area contributed by atoms with E-state index in [2.05, 4.69) is 72.6 Å². The lowest BCUT2D eigenvalue weighted by molar-refractivity contribution is 0.0663. The molecule has 0 saturated heterocycles. The molecule has 0 unspecified atom stereocenters. The molecule has 1 aromatic heterocycles. The van der Waals surface area contributed by atoms with Gasteiger partial charge in [0.05, 0.1) is 18.2 Å². The van der Waals surface area contributed by atoms with Gasteiger partial charge >= 0.3 is 0 Å². The van der Waals surface area contributed by atoms with E-state index in [1.165, 1.54) is 16.5 Å². The van der Waals surface area contributed by atoms with Crippen molar-refractivity contribution in [2.75, 3.05) is 0 Å². The Balaban J connectivity index is 2.51. The fourth-order valence-electron chi connectivity index (χ4n) is 2.12. The molecule has 1 aromatic carbocycles.